The molecule has 0 aliphatic carbocycles. The lowest BCUT2D eigenvalue weighted by Crippen LogP contribution is -2.78. The SMILES string of the molecule is CO[Si]1(OC)CCO[Si](C)(C)[Si]1(C)C. The second-order valence-electron chi connectivity index (χ2n) is 4.89. The van der Waals surface area contributed by atoms with E-state index in [-0.39, 0.29) is 0 Å². The molecule has 0 saturated carbocycles. The van der Waals surface area contributed by atoms with Crippen LogP contribution in [0.2, 0.25) is 32.2 Å². The molecule has 0 atom stereocenters. The molecule has 0 bridgehead atoms. The first-order chi connectivity index (χ1) is 6.33. The Morgan fingerprint density at radius 1 is 1.00 bits per heavy atom. The van der Waals surface area contributed by atoms with Crippen LogP contribution in [0.4, 0.5) is 0 Å². The van der Waals surface area contributed by atoms with E-state index in [9.17, 15) is 0 Å². The van der Waals surface area contributed by atoms with Gasteiger partial charge in [0, 0.05) is 26.9 Å². The summed E-state index contributed by atoms with van der Waals surface area (Å²) in [5.74, 6) is 0. The van der Waals surface area contributed by atoms with E-state index in [4.69, 9.17) is 13.3 Å². The molecule has 1 saturated heterocycles. The third-order valence-electron chi connectivity index (χ3n) is 4.01. The second-order valence-corrected chi connectivity index (χ2v) is 29.2. The first kappa shape index (κ1) is 12.6. The van der Waals surface area contributed by atoms with Gasteiger partial charge in [-0.2, -0.15) is 0 Å². The van der Waals surface area contributed by atoms with Gasteiger partial charge < -0.3 is 13.3 Å². The van der Waals surface area contributed by atoms with Crippen molar-refractivity contribution in [3.63, 3.8) is 0 Å². The van der Waals surface area contributed by atoms with Crippen LogP contribution < -0.4 is 0 Å². The minimum Gasteiger partial charge on any atom is -0.420 e. The van der Waals surface area contributed by atoms with Crippen LogP contribution in [0.1, 0.15) is 0 Å². The van der Waals surface area contributed by atoms with Gasteiger partial charge in [-0.1, -0.05) is 13.1 Å². The van der Waals surface area contributed by atoms with Crippen LogP contribution >= 0.6 is 0 Å². The van der Waals surface area contributed by atoms with Crippen LogP contribution in [0.3, 0.4) is 0 Å². The van der Waals surface area contributed by atoms with Crippen molar-refractivity contribution in [3.8, 4) is 0 Å². The Kier molecular flexibility index (Phi) is 3.45. The maximum atomic E-state index is 6.01. The molecule has 0 radical (unpaired) electrons. The van der Waals surface area contributed by atoms with E-state index in [0.29, 0.717) is 0 Å². The normalized spacial score (nSPS) is 28.7. The molecule has 0 unspecified atom stereocenters. The maximum Gasteiger partial charge on any atom is 0.317 e. The zero-order chi connectivity index (χ0) is 11.0. The Labute approximate surface area is 89.7 Å². The Morgan fingerprint density at radius 2 is 1.50 bits per heavy atom. The Balaban J connectivity index is 3.07. The van der Waals surface area contributed by atoms with Gasteiger partial charge in [0.2, 0.25) is 0 Å². The summed E-state index contributed by atoms with van der Waals surface area (Å²) in [5.41, 5.74) is 0. The lowest BCUT2D eigenvalue weighted by atomic mass is 10.9. The summed E-state index contributed by atoms with van der Waals surface area (Å²) >= 11 is 0. The summed E-state index contributed by atoms with van der Waals surface area (Å²) < 4.78 is 17.6. The predicted molar refractivity (Wildman–Crippen MR) is 65.5 cm³/mol. The number of hydrogen-bond donors (Lipinski definition) is 0. The highest BCUT2D eigenvalue weighted by Crippen LogP contribution is 2.37. The van der Waals surface area contributed by atoms with Gasteiger partial charge in [-0.15, -0.1) is 0 Å². The van der Waals surface area contributed by atoms with Gasteiger partial charge in [0.1, 0.15) is 7.11 Å². The Morgan fingerprint density at radius 3 is 1.86 bits per heavy atom. The zero-order valence-electron chi connectivity index (χ0n) is 10.1. The van der Waals surface area contributed by atoms with Crippen molar-refractivity contribution in [1.82, 2.24) is 0 Å². The third kappa shape index (κ3) is 1.57. The zero-order valence-corrected chi connectivity index (χ0v) is 13.1. The minimum absolute atomic E-state index is 0.837. The van der Waals surface area contributed by atoms with Gasteiger partial charge in [-0.3, -0.25) is 0 Å². The molecule has 0 spiro atoms. The molecule has 6 heteroatoms. The molecule has 1 aliphatic heterocycles. The van der Waals surface area contributed by atoms with Gasteiger partial charge >= 0.3 is 8.08 Å². The molecule has 1 heterocycles. The van der Waals surface area contributed by atoms with Crippen molar-refractivity contribution in [3.05, 3.63) is 0 Å². The van der Waals surface area contributed by atoms with E-state index in [0.717, 1.165) is 12.7 Å². The molecule has 1 aliphatic rings. The summed E-state index contributed by atoms with van der Waals surface area (Å²) in [7, 11) is -1.31. The summed E-state index contributed by atoms with van der Waals surface area (Å²) in [6, 6.07) is 1.01. The number of hydrogen-bond acceptors (Lipinski definition) is 3. The van der Waals surface area contributed by atoms with E-state index in [2.05, 4.69) is 26.2 Å². The van der Waals surface area contributed by atoms with Crippen LogP contribution in [-0.4, -0.2) is 43.8 Å². The highest BCUT2D eigenvalue weighted by molar-refractivity contribution is 7.65. The molecule has 0 aromatic rings. The maximum absolute atomic E-state index is 6.01. The Hall–Kier alpha value is 0.531. The van der Waals surface area contributed by atoms with Gasteiger partial charge in [0.25, 0.3) is 0 Å². The fraction of sp³-hybridized carbons (Fsp3) is 1.00. The van der Waals surface area contributed by atoms with Crippen LogP contribution in [-0.2, 0) is 13.3 Å². The third-order valence-corrected chi connectivity index (χ3v) is 38.0. The molecule has 0 N–H and O–H groups in total. The summed E-state index contributed by atoms with van der Waals surface area (Å²) in [6.45, 7) is 10.2. The monoisotopic (exact) mass is 250 g/mol. The summed E-state index contributed by atoms with van der Waals surface area (Å²) in [5, 5.41) is 0. The highest BCUT2D eigenvalue weighted by Gasteiger charge is 2.64. The van der Waals surface area contributed by atoms with Crippen molar-refractivity contribution in [2.45, 2.75) is 32.2 Å². The van der Waals surface area contributed by atoms with Gasteiger partial charge in [-0.25, -0.2) is 0 Å². The van der Waals surface area contributed by atoms with Crippen LogP contribution in [0, 0.1) is 0 Å². The molecule has 0 aromatic heterocycles. The fourth-order valence-electron chi connectivity index (χ4n) is 2.19. The first-order valence-corrected chi connectivity index (χ1v) is 15.0. The smallest absolute Gasteiger partial charge is 0.317 e. The molecular weight excluding hydrogens is 228 g/mol. The topological polar surface area (TPSA) is 27.7 Å². The van der Waals surface area contributed by atoms with Crippen LogP contribution in [0.5, 0.6) is 0 Å². The van der Waals surface area contributed by atoms with Gasteiger partial charge in [-0.05, 0) is 13.1 Å². The quantitative estimate of drug-likeness (QED) is 0.700. The average Bonchev–Trinajstić information content (AvgIpc) is 2.10. The largest absolute Gasteiger partial charge is 0.420 e. The molecule has 84 valence electrons. The van der Waals surface area contributed by atoms with Gasteiger partial charge in [0.15, 0.2) is 7.83 Å². The van der Waals surface area contributed by atoms with Crippen molar-refractivity contribution >= 4 is 23.0 Å². The molecule has 0 aromatic carbocycles. The summed E-state index contributed by atoms with van der Waals surface area (Å²) in [6.07, 6.45) is 0. The highest BCUT2D eigenvalue weighted by atomic mass is 29.7. The van der Waals surface area contributed by atoms with Crippen LogP contribution in [0.25, 0.3) is 0 Å². The van der Waals surface area contributed by atoms with E-state index >= 15 is 0 Å². The van der Waals surface area contributed by atoms with E-state index in [1.165, 1.54) is 0 Å². The van der Waals surface area contributed by atoms with Crippen molar-refractivity contribution in [2.24, 2.45) is 0 Å². The standard InChI is InChI=1S/C8H22O3Si3/c1-9-14(10-2)8-7-11-12(3,4)13(14,5)6/h7-8H2,1-6H3. The predicted octanol–water partition coefficient (Wildman–Crippen LogP) is 1.82. The molecular formula is C8H22O3Si3. The summed E-state index contributed by atoms with van der Waals surface area (Å²) in [4.78, 5) is 0. The molecule has 3 nitrogen and oxygen atoms in total. The van der Waals surface area contributed by atoms with E-state index in [1.807, 2.05) is 14.2 Å². The van der Waals surface area contributed by atoms with Crippen molar-refractivity contribution in [2.75, 3.05) is 20.8 Å². The molecule has 1 fully saturated rings. The average molecular weight is 251 g/mol. The van der Waals surface area contributed by atoms with Gasteiger partial charge in [0.05, 0.1) is 0 Å². The minimum atomic E-state index is -1.92. The second kappa shape index (κ2) is 3.84. The molecule has 0 amide bonds. The van der Waals surface area contributed by atoms with Crippen LogP contribution in [0.15, 0.2) is 0 Å². The first-order valence-electron chi connectivity index (χ1n) is 5.07. The fourth-order valence-corrected chi connectivity index (χ4v) is 28.1. The van der Waals surface area contributed by atoms with E-state index < -0.39 is 23.0 Å². The number of rotatable bonds is 2. The lowest BCUT2D eigenvalue weighted by Gasteiger charge is -2.51. The van der Waals surface area contributed by atoms with E-state index in [1.54, 1.807) is 0 Å². The Bertz CT molecular complexity index is 214. The molecule has 14 heavy (non-hydrogen) atoms. The van der Waals surface area contributed by atoms with Crippen molar-refractivity contribution in [1.29, 1.82) is 0 Å². The van der Waals surface area contributed by atoms with Crippen molar-refractivity contribution < 1.29 is 13.3 Å². The lowest BCUT2D eigenvalue weighted by molar-refractivity contribution is 0.237. The molecule has 1 rings (SSSR count).